The van der Waals surface area contributed by atoms with Crippen LogP contribution in [0.25, 0.3) is 0 Å². The maximum atomic E-state index is 12.2. The van der Waals surface area contributed by atoms with Crippen molar-refractivity contribution in [1.29, 1.82) is 0 Å². The molecule has 0 aliphatic rings. The van der Waals surface area contributed by atoms with Gasteiger partial charge in [0.1, 0.15) is 12.6 Å². The third-order valence-electron chi connectivity index (χ3n) is 3.55. The number of hydrogen-bond acceptors (Lipinski definition) is 5. The van der Waals surface area contributed by atoms with E-state index in [1.807, 2.05) is 31.2 Å². The summed E-state index contributed by atoms with van der Waals surface area (Å²) >= 11 is 0. The summed E-state index contributed by atoms with van der Waals surface area (Å²) in [6.45, 7) is 2.91. The first-order valence-corrected chi connectivity index (χ1v) is 7.90. The van der Waals surface area contributed by atoms with Crippen LogP contribution in [0.3, 0.4) is 0 Å². The third-order valence-corrected chi connectivity index (χ3v) is 3.55. The second kappa shape index (κ2) is 8.95. The number of aromatic nitrogens is 2. The number of anilines is 1. The Morgan fingerprint density at radius 3 is 2.72 bits per heavy atom. The average Bonchev–Trinajstić information content (AvgIpc) is 3.02. The summed E-state index contributed by atoms with van der Waals surface area (Å²) in [5.74, 6) is -0.526. The highest BCUT2D eigenvalue weighted by Gasteiger charge is 2.16. The number of carbonyl (C=O) groups is 2. The van der Waals surface area contributed by atoms with Gasteiger partial charge in [-0.2, -0.15) is 5.10 Å². The molecule has 4 N–H and O–H groups in total. The molecule has 0 fully saturated rings. The van der Waals surface area contributed by atoms with Gasteiger partial charge in [0.15, 0.2) is 0 Å². The summed E-state index contributed by atoms with van der Waals surface area (Å²) in [7, 11) is 1.57. The molecule has 25 heavy (non-hydrogen) atoms. The summed E-state index contributed by atoms with van der Waals surface area (Å²) in [5.41, 5.74) is 8.29. The fourth-order valence-electron chi connectivity index (χ4n) is 2.16. The zero-order valence-electron chi connectivity index (χ0n) is 14.4. The lowest BCUT2D eigenvalue weighted by molar-refractivity contribution is -0.122. The second-order valence-electron chi connectivity index (χ2n) is 5.65. The summed E-state index contributed by atoms with van der Waals surface area (Å²) in [6, 6.07) is 6.69. The molecule has 1 aromatic carbocycles. The SMILES string of the molecule is COCCNC(=O)Cn1cc(NC(=O)C(N)c2ccc(C)cc2)cn1. The lowest BCUT2D eigenvalue weighted by Crippen LogP contribution is -2.30. The van der Waals surface area contributed by atoms with Gasteiger partial charge in [0.25, 0.3) is 0 Å². The Morgan fingerprint density at radius 1 is 1.32 bits per heavy atom. The number of methoxy groups -OCH3 is 1. The molecule has 1 aromatic heterocycles. The highest BCUT2D eigenvalue weighted by Crippen LogP contribution is 2.14. The highest BCUT2D eigenvalue weighted by molar-refractivity contribution is 5.95. The van der Waals surface area contributed by atoms with Crippen LogP contribution in [0.5, 0.6) is 0 Å². The van der Waals surface area contributed by atoms with Crippen LogP contribution in [0.4, 0.5) is 5.69 Å². The van der Waals surface area contributed by atoms with Crippen LogP contribution in [0.15, 0.2) is 36.7 Å². The monoisotopic (exact) mass is 345 g/mol. The Hall–Kier alpha value is -2.71. The first kappa shape index (κ1) is 18.6. The molecule has 134 valence electrons. The lowest BCUT2D eigenvalue weighted by atomic mass is 10.1. The highest BCUT2D eigenvalue weighted by atomic mass is 16.5. The molecule has 0 saturated heterocycles. The number of benzene rings is 1. The van der Waals surface area contributed by atoms with E-state index in [0.29, 0.717) is 18.8 Å². The number of aryl methyl sites for hydroxylation is 1. The van der Waals surface area contributed by atoms with Gasteiger partial charge in [-0.1, -0.05) is 29.8 Å². The molecule has 0 spiro atoms. The first-order valence-electron chi connectivity index (χ1n) is 7.90. The standard InChI is InChI=1S/C17H23N5O3/c1-12-3-5-13(6-4-12)16(18)17(24)21-14-9-20-22(10-14)11-15(23)19-7-8-25-2/h3-6,9-10,16H,7-8,11,18H2,1-2H3,(H,19,23)(H,21,24). The maximum Gasteiger partial charge on any atom is 0.245 e. The number of hydrogen-bond donors (Lipinski definition) is 3. The van der Waals surface area contributed by atoms with Gasteiger partial charge in [-0.3, -0.25) is 14.3 Å². The first-order chi connectivity index (χ1) is 12.0. The molecule has 8 nitrogen and oxygen atoms in total. The van der Waals surface area contributed by atoms with E-state index in [1.165, 1.54) is 10.9 Å². The van der Waals surface area contributed by atoms with Crippen LogP contribution in [0.1, 0.15) is 17.2 Å². The zero-order chi connectivity index (χ0) is 18.2. The predicted molar refractivity (Wildman–Crippen MR) is 93.8 cm³/mol. The largest absolute Gasteiger partial charge is 0.383 e. The van der Waals surface area contributed by atoms with Crippen molar-refractivity contribution in [1.82, 2.24) is 15.1 Å². The molecule has 1 unspecified atom stereocenters. The molecule has 2 aromatic rings. The quantitative estimate of drug-likeness (QED) is 0.607. The Labute approximate surface area is 146 Å². The minimum atomic E-state index is -0.777. The third kappa shape index (κ3) is 5.70. The van der Waals surface area contributed by atoms with Crippen LogP contribution in [0.2, 0.25) is 0 Å². The van der Waals surface area contributed by atoms with Gasteiger partial charge in [-0.15, -0.1) is 0 Å². The Balaban J connectivity index is 1.88. The Bertz CT molecular complexity index is 711. The topological polar surface area (TPSA) is 111 Å². The van der Waals surface area contributed by atoms with Crippen molar-refractivity contribution < 1.29 is 14.3 Å². The Kier molecular flexibility index (Phi) is 6.67. The van der Waals surface area contributed by atoms with Crippen LogP contribution >= 0.6 is 0 Å². The maximum absolute atomic E-state index is 12.2. The molecule has 0 saturated carbocycles. The number of nitrogens with one attached hydrogen (secondary N) is 2. The lowest BCUT2D eigenvalue weighted by Gasteiger charge is -2.11. The van der Waals surface area contributed by atoms with Gasteiger partial charge in [0, 0.05) is 19.9 Å². The van der Waals surface area contributed by atoms with E-state index in [4.69, 9.17) is 10.5 Å². The number of rotatable bonds is 8. The van der Waals surface area contributed by atoms with Crippen molar-refractivity contribution in [3.05, 3.63) is 47.8 Å². The fourth-order valence-corrected chi connectivity index (χ4v) is 2.16. The van der Waals surface area contributed by atoms with E-state index in [-0.39, 0.29) is 18.4 Å². The van der Waals surface area contributed by atoms with Gasteiger partial charge in [0.05, 0.1) is 18.5 Å². The second-order valence-corrected chi connectivity index (χ2v) is 5.65. The van der Waals surface area contributed by atoms with Crippen molar-refractivity contribution in [3.63, 3.8) is 0 Å². The van der Waals surface area contributed by atoms with Crippen molar-refractivity contribution >= 4 is 17.5 Å². The molecule has 2 rings (SSSR count). The number of amides is 2. The number of nitrogens with zero attached hydrogens (tertiary/aromatic N) is 2. The summed E-state index contributed by atoms with van der Waals surface area (Å²) in [5, 5.41) is 9.45. The van der Waals surface area contributed by atoms with E-state index in [1.54, 1.807) is 13.3 Å². The Morgan fingerprint density at radius 2 is 2.04 bits per heavy atom. The van der Waals surface area contributed by atoms with Gasteiger partial charge < -0.3 is 21.1 Å². The van der Waals surface area contributed by atoms with Gasteiger partial charge >= 0.3 is 0 Å². The normalized spacial score (nSPS) is 11.8. The average molecular weight is 345 g/mol. The van der Waals surface area contributed by atoms with Crippen LogP contribution in [0, 0.1) is 6.92 Å². The van der Waals surface area contributed by atoms with Crippen LogP contribution < -0.4 is 16.4 Å². The van der Waals surface area contributed by atoms with E-state index in [0.717, 1.165) is 11.1 Å². The van der Waals surface area contributed by atoms with E-state index < -0.39 is 6.04 Å². The van der Waals surface area contributed by atoms with Gasteiger partial charge in [-0.25, -0.2) is 0 Å². The minimum Gasteiger partial charge on any atom is -0.383 e. The molecule has 8 heteroatoms. The molecule has 0 radical (unpaired) electrons. The van der Waals surface area contributed by atoms with Crippen LogP contribution in [-0.4, -0.2) is 41.9 Å². The van der Waals surface area contributed by atoms with E-state index in [9.17, 15) is 9.59 Å². The molecule has 1 atom stereocenters. The summed E-state index contributed by atoms with van der Waals surface area (Å²) in [6.07, 6.45) is 3.05. The van der Waals surface area contributed by atoms with Crippen molar-refractivity contribution in [2.75, 3.05) is 25.6 Å². The smallest absolute Gasteiger partial charge is 0.245 e. The molecule has 2 amide bonds. The van der Waals surface area contributed by atoms with Crippen molar-refractivity contribution in [2.45, 2.75) is 19.5 Å². The number of carbonyl (C=O) groups excluding carboxylic acids is 2. The molecular formula is C17H23N5O3. The molecule has 0 bridgehead atoms. The van der Waals surface area contributed by atoms with Gasteiger partial charge in [0.2, 0.25) is 11.8 Å². The number of ether oxygens (including phenoxy) is 1. The predicted octanol–water partition coefficient (Wildman–Crippen LogP) is 0.593. The molecule has 1 heterocycles. The molecular weight excluding hydrogens is 322 g/mol. The molecule has 0 aliphatic carbocycles. The van der Waals surface area contributed by atoms with E-state index >= 15 is 0 Å². The van der Waals surface area contributed by atoms with Crippen LogP contribution in [-0.2, 0) is 20.9 Å². The van der Waals surface area contributed by atoms with Crippen molar-refractivity contribution in [2.24, 2.45) is 5.73 Å². The minimum absolute atomic E-state index is 0.0591. The van der Waals surface area contributed by atoms with Gasteiger partial charge in [-0.05, 0) is 12.5 Å². The summed E-state index contributed by atoms with van der Waals surface area (Å²) < 4.78 is 6.30. The van der Waals surface area contributed by atoms with Crippen molar-refractivity contribution in [3.8, 4) is 0 Å². The fraction of sp³-hybridized carbons (Fsp3) is 0.353. The van der Waals surface area contributed by atoms with E-state index in [2.05, 4.69) is 15.7 Å². The zero-order valence-corrected chi connectivity index (χ0v) is 14.4. The molecule has 0 aliphatic heterocycles. The number of nitrogens with two attached hydrogens (primary N) is 1. The summed E-state index contributed by atoms with van der Waals surface area (Å²) in [4.78, 5) is 23.9.